The number of carbonyl (C=O) groups excluding carboxylic acids is 2. The number of amides is 1. The fourth-order valence-electron chi connectivity index (χ4n) is 4.61. The Morgan fingerprint density at radius 2 is 1.89 bits per heavy atom. The summed E-state index contributed by atoms with van der Waals surface area (Å²) in [7, 11) is 1.55. The number of methoxy groups -OCH3 is 1. The van der Waals surface area contributed by atoms with Crippen LogP contribution < -0.4 is 14.2 Å². The standard InChI is InChI=1S/C27H31NO7/c1-4-33-19-11-12-21(22(15-19)34-5-2)25(29)23-24(17-8-6-9-18(14-17)32-3)28(27(31)26(23)30)16-20-10-7-13-35-20/h6,8-9,11-12,14-15,20,24,29H,4-5,7,10,13,16H2,1-3H3/b25-23-. The Balaban J connectivity index is 1.85. The Morgan fingerprint density at radius 3 is 2.57 bits per heavy atom. The minimum absolute atomic E-state index is 0.00589. The molecule has 4 rings (SSSR count). The molecule has 2 saturated heterocycles. The van der Waals surface area contributed by atoms with E-state index in [1.165, 1.54) is 4.90 Å². The Morgan fingerprint density at radius 1 is 1.09 bits per heavy atom. The fourth-order valence-corrected chi connectivity index (χ4v) is 4.61. The van der Waals surface area contributed by atoms with E-state index in [9.17, 15) is 14.7 Å². The smallest absolute Gasteiger partial charge is 0.295 e. The lowest BCUT2D eigenvalue weighted by Crippen LogP contribution is -2.36. The molecule has 0 aliphatic carbocycles. The van der Waals surface area contributed by atoms with Crippen molar-refractivity contribution < 1.29 is 33.6 Å². The molecule has 8 heteroatoms. The van der Waals surface area contributed by atoms with Crippen LogP contribution in [-0.2, 0) is 14.3 Å². The van der Waals surface area contributed by atoms with Crippen LogP contribution in [0.15, 0.2) is 48.0 Å². The molecule has 1 amide bonds. The maximum Gasteiger partial charge on any atom is 0.295 e. The summed E-state index contributed by atoms with van der Waals surface area (Å²) < 4.78 is 22.5. The summed E-state index contributed by atoms with van der Waals surface area (Å²) in [6.07, 6.45) is 1.55. The molecule has 1 N–H and O–H groups in total. The molecule has 8 nitrogen and oxygen atoms in total. The lowest BCUT2D eigenvalue weighted by atomic mass is 9.94. The zero-order valence-electron chi connectivity index (χ0n) is 20.3. The van der Waals surface area contributed by atoms with Crippen molar-refractivity contribution in [3.05, 3.63) is 59.2 Å². The summed E-state index contributed by atoms with van der Waals surface area (Å²) in [6.45, 7) is 5.41. The number of ketones is 1. The zero-order chi connectivity index (χ0) is 24.9. The van der Waals surface area contributed by atoms with Gasteiger partial charge in [0.25, 0.3) is 11.7 Å². The number of hydrogen-bond donors (Lipinski definition) is 1. The highest BCUT2D eigenvalue weighted by atomic mass is 16.5. The summed E-state index contributed by atoms with van der Waals surface area (Å²) in [5, 5.41) is 11.5. The molecule has 0 aromatic heterocycles. The first kappa shape index (κ1) is 24.6. The number of likely N-dealkylation sites (tertiary alicyclic amines) is 1. The van der Waals surface area contributed by atoms with E-state index in [0.717, 1.165) is 12.8 Å². The van der Waals surface area contributed by atoms with Crippen molar-refractivity contribution in [3.63, 3.8) is 0 Å². The molecule has 2 atom stereocenters. The third-order valence-corrected chi connectivity index (χ3v) is 6.19. The number of aliphatic hydroxyl groups excluding tert-OH is 1. The second-order valence-electron chi connectivity index (χ2n) is 8.39. The molecule has 0 bridgehead atoms. The highest BCUT2D eigenvalue weighted by Crippen LogP contribution is 2.42. The fraction of sp³-hybridized carbons (Fsp3) is 0.407. The number of aliphatic hydroxyl groups is 1. The maximum atomic E-state index is 13.3. The zero-order valence-corrected chi connectivity index (χ0v) is 20.3. The predicted octanol–water partition coefficient (Wildman–Crippen LogP) is 4.09. The Kier molecular flexibility index (Phi) is 7.60. The topological polar surface area (TPSA) is 94.5 Å². The largest absolute Gasteiger partial charge is 0.507 e. The van der Waals surface area contributed by atoms with Gasteiger partial charge in [0.15, 0.2) is 0 Å². The van der Waals surface area contributed by atoms with Crippen LogP contribution in [0.1, 0.15) is 43.9 Å². The van der Waals surface area contributed by atoms with Crippen LogP contribution in [0.2, 0.25) is 0 Å². The number of carbonyl (C=O) groups is 2. The SMILES string of the molecule is CCOc1ccc(/C(O)=C2/C(=O)C(=O)N(CC3CCCO3)C2c2cccc(OC)c2)c(OCC)c1. The van der Waals surface area contributed by atoms with Crippen molar-refractivity contribution in [2.75, 3.05) is 33.5 Å². The Hall–Kier alpha value is -3.52. The maximum absolute atomic E-state index is 13.3. The van der Waals surface area contributed by atoms with E-state index in [-0.39, 0.29) is 24.0 Å². The monoisotopic (exact) mass is 481 g/mol. The van der Waals surface area contributed by atoms with Gasteiger partial charge in [-0.3, -0.25) is 9.59 Å². The van der Waals surface area contributed by atoms with Crippen molar-refractivity contribution in [1.82, 2.24) is 4.90 Å². The van der Waals surface area contributed by atoms with Gasteiger partial charge >= 0.3 is 0 Å². The van der Waals surface area contributed by atoms with E-state index in [1.807, 2.05) is 19.9 Å². The second kappa shape index (κ2) is 10.8. The van der Waals surface area contributed by atoms with E-state index in [0.29, 0.717) is 48.2 Å². The lowest BCUT2D eigenvalue weighted by Gasteiger charge is -2.27. The second-order valence-corrected chi connectivity index (χ2v) is 8.39. The molecule has 2 aromatic carbocycles. The highest BCUT2D eigenvalue weighted by Gasteiger charge is 2.47. The van der Waals surface area contributed by atoms with Crippen molar-refractivity contribution >= 4 is 17.4 Å². The summed E-state index contributed by atoms with van der Waals surface area (Å²) in [4.78, 5) is 28.0. The third-order valence-electron chi connectivity index (χ3n) is 6.19. The first-order chi connectivity index (χ1) is 17.0. The molecule has 35 heavy (non-hydrogen) atoms. The average molecular weight is 482 g/mol. The summed E-state index contributed by atoms with van der Waals surface area (Å²) >= 11 is 0. The van der Waals surface area contributed by atoms with Gasteiger partial charge in [-0.1, -0.05) is 12.1 Å². The van der Waals surface area contributed by atoms with Crippen molar-refractivity contribution in [1.29, 1.82) is 0 Å². The van der Waals surface area contributed by atoms with Crippen LogP contribution in [-0.4, -0.2) is 61.3 Å². The molecule has 0 radical (unpaired) electrons. The minimum atomic E-state index is -0.796. The van der Waals surface area contributed by atoms with Gasteiger partial charge in [-0.25, -0.2) is 0 Å². The molecular formula is C27H31NO7. The van der Waals surface area contributed by atoms with E-state index in [2.05, 4.69) is 0 Å². The van der Waals surface area contributed by atoms with Crippen LogP contribution in [0.5, 0.6) is 17.2 Å². The number of benzene rings is 2. The van der Waals surface area contributed by atoms with Gasteiger partial charge in [-0.2, -0.15) is 0 Å². The minimum Gasteiger partial charge on any atom is -0.507 e. The molecular weight excluding hydrogens is 450 g/mol. The van der Waals surface area contributed by atoms with Crippen molar-refractivity contribution in [2.45, 2.75) is 38.8 Å². The molecule has 2 aromatic rings. The summed E-state index contributed by atoms with van der Waals surface area (Å²) in [5.74, 6) is -0.177. The highest BCUT2D eigenvalue weighted by molar-refractivity contribution is 6.46. The van der Waals surface area contributed by atoms with Crippen LogP contribution in [0.3, 0.4) is 0 Å². The van der Waals surface area contributed by atoms with Crippen molar-refractivity contribution in [3.8, 4) is 17.2 Å². The molecule has 2 heterocycles. The predicted molar refractivity (Wildman–Crippen MR) is 130 cm³/mol. The van der Waals surface area contributed by atoms with Gasteiger partial charge in [-0.05, 0) is 56.5 Å². The van der Waals surface area contributed by atoms with Crippen LogP contribution in [0.25, 0.3) is 5.76 Å². The summed E-state index contributed by atoms with van der Waals surface area (Å²) in [6, 6.07) is 11.4. The average Bonchev–Trinajstić information content (AvgIpc) is 3.47. The van der Waals surface area contributed by atoms with Gasteiger partial charge in [0.1, 0.15) is 23.0 Å². The Labute approximate surface area is 205 Å². The van der Waals surface area contributed by atoms with E-state index < -0.39 is 17.7 Å². The molecule has 2 fully saturated rings. The number of ether oxygens (including phenoxy) is 4. The van der Waals surface area contributed by atoms with E-state index in [4.69, 9.17) is 18.9 Å². The first-order valence-corrected chi connectivity index (χ1v) is 11.9. The van der Waals surface area contributed by atoms with Gasteiger partial charge < -0.3 is 29.0 Å². The van der Waals surface area contributed by atoms with Gasteiger partial charge in [0.05, 0.1) is 43.6 Å². The van der Waals surface area contributed by atoms with E-state index in [1.54, 1.807) is 43.5 Å². The van der Waals surface area contributed by atoms with Crippen molar-refractivity contribution in [2.24, 2.45) is 0 Å². The molecule has 186 valence electrons. The number of rotatable bonds is 9. The third kappa shape index (κ3) is 4.98. The normalized spacial score (nSPS) is 21.4. The lowest BCUT2D eigenvalue weighted by molar-refractivity contribution is -0.140. The van der Waals surface area contributed by atoms with E-state index >= 15 is 0 Å². The van der Waals surface area contributed by atoms with Gasteiger partial charge in [0.2, 0.25) is 0 Å². The number of Topliss-reactive ketones (excluding diaryl/α,β-unsaturated/α-hetero) is 1. The van der Waals surface area contributed by atoms with Crippen LogP contribution in [0.4, 0.5) is 0 Å². The molecule has 2 aliphatic heterocycles. The quantitative estimate of drug-likeness (QED) is 0.327. The molecule has 0 saturated carbocycles. The summed E-state index contributed by atoms with van der Waals surface area (Å²) in [5.41, 5.74) is 0.983. The van der Waals surface area contributed by atoms with Gasteiger partial charge in [0, 0.05) is 19.2 Å². The number of hydrogen-bond acceptors (Lipinski definition) is 7. The molecule has 2 unspecified atom stereocenters. The van der Waals surface area contributed by atoms with Crippen LogP contribution >= 0.6 is 0 Å². The van der Waals surface area contributed by atoms with Gasteiger partial charge in [-0.15, -0.1) is 0 Å². The molecule has 0 spiro atoms. The first-order valence-electron chi connectivity index (χ1n) is 11.9. The number of nitrogens with zero attached hydrogens (tertiary/aromatic N) is 1. The Bertz CT molecular complexity index is 1120. The molecule has 2 aliphatic rings. The van der Waals surface area contributed by atoms with Crippen LogP contribution in [0, 0.1) is 0 Å².